The highest BCUT2D eigenvalue weighted by Crippen LogP contribution is 2.30. The fourth-order valence-electron chi connectivity index (χ4n) is 4.29. The Hall–Kier alpha value is -2.61. The van der Waals surface area contributed by atoms with Crippen LogP contribution in [0.15, 0.2) is 30.3 Å². The van der Waals surface area contributed by atoms with Crippen LogP contribution in [0, 0.1) is 5.92 Å². The molecule has 150 valence electrons. The third-order valence-corrected chi connectivity index (χ3v) is 5.87. The fraction of sp³-hybridized carbons (Fsp3) is 0.550. The van der Waals surface area contributed by atoms with Gasteiger partial charge in [-0.15, -0.1) is 0 Å². The highest BCUT2D eigenvalue weighted by Gasteiger charge is 2.48. The molecule has 4 amide bonds. The number of rotatable bonds is 5. The van der Waals surface area contributed by atoms with Crippen LogP contribution in [0.25, 0.3) is 0 Å². The van der Waals surface area contributed by atoms with Gasteiger partial charge in [0.2, 0.25) is 5.91 Å². The third kappa shape index (κ3) is 3.82. The van der Waals surface area contributed by atoms with Crippen molar-refractivity contribution in [2.45, 2.75) is 57.2 Å². The van der Waals surface area contributed by atoms with Gasteiger partial charge >= 0.3 is 6.03 Å². The first kappa shape index (κ1) is 18.7. The van der Waals surface area contributed by atoms with Crippen LogP contribution in [-0.4, -0.2) is 46.4 Å². The van der Waals surface area contributed by atoms with Gasteiger partial charge in [0.05, 0.1) is 6.04 Å². The zero-order valence-corrected chi connectivity index (χ0v) is 15.8. The molecule has 1 aromatic carbocycles. The van der Waals surface area contributed by atoms with Gasteiger partial charge in [0, 0.05) is 12.5 Å². The largest absolute Gasteiger partial charge is 0.345 e. The zero-order valence-electron chi connectivity index (χ0n) is 15.8. The highest BCUT2D eigenvalue weighted by molar-refractivity contribution is 5.90. The Bertz CT molecular complexity index is 735. The van der Waals surface area contributed by atoms with Crippen LogP contribution >= 0.6 is 0 Å². The minimum Gasteiger partial charge on any atom is -0.309 e. The van der Waals surface area contributed by atoms with Gasteiger partial charge in [0.1, 0.15) is 12.6 Å². The van der Waals surface area contributed by atoms with Crippen LogP contribution in [0.2, 0.25) is 0 Å². The Labute approximate surface area is 164 Å². The van der Waals surface area contributed by atoms with E-state index in [-0.39, 0.29) is 29.8 Å². The van der Waals surface area contributed by atoms with E-state index >= 15 is 0 Å². The quantitative estimate of drug-likeness (QED) is 0.754. The molecule has 4 rings (SSSR count). The number of amides is 4. The zero-order chi connectivity index (χ0) is 19.5. The number of fused-ring (bicyclic) bond motifs is 2. The van der Waals surface area contributed by atoms with Crippen molar-refractivity contribution in [3.05, 3.63) is 35.9 Å². The lowest BCUT2D eigenvalue weighted by atomic mass is 10.0. The summed E-state index contributed by atoms with van der Waals surface area (Å²) in [6.07, 6.45) is 5.07. The molecule has 1 aromatic rings. The van der Waals surface area contributed by atoms with Crippen molar-refractivity contribution in [3.8, 4) is 0 Å². The molecule has 8 nitrogen and oxygen atoms in total. The van der Waals surface area contributed by atoms with Crippen LogP contribution < -0.4 is 10.9 Å². The molecule has 2 heterocycles. The molecule has 2 aliphatic heterocycles. The SMILES string of the molecule is O=C(NNC(=O)C1CCC2CN1C(=O)N2OCc1ccccc1)C1CCCC1. The smallest absolute Gasteiger partial charge is 0.309 e. The Morgan fingerprint density at radius 2 is 1.71 bits per heavy atom. The van der Waals surface area contributed by atoms with Gasteiger partial charge in [0.15, 0.2) is 0 Å². The minimum absolute atomic E-state index is 0.0219. The van der Waals surface area contributed by atoms with E-state index in [2.05, 4.69) is 10.9 Å². The molecule has 1 saturated carbocycles. The van der Waals surface area contributed by atoms with Gasteiger partial charge in [0.25, 0.3) is 5.91 Å². The van der Waals surface area contributed by atoms with Crippen LogP contribution in [0.3, 0.4) is 0 Å². The number of nitrogens with zero attached hydrogens (tertiary/aromatic N) is 2. The fourth-order valence-corrected chi connectivity index (χ4v) is 4.29. The topological polar surface area (TPSA) is 91.0 Å². The van der Waals surface area contributed by atoms with Crippen LogP contribution in [-0.2, 0) is 21.0 Å². The molecule has 0 aromatic heterocycles. The molecule has 2 N–H and O–H groups in total. The maximum absolute atomic E-state index is 12.7. The van der Waals surface area contributed by atoms with E-state index < -0.39 is 6.04 Å². The summed E-state index contributed by atoms with van der Waals surface area (Å²) in [7, 11) is 0. The van der Waals surface area contributed by atoms with Crippen molar-refractivity contribution in [2.24, 2.45) is 5.92 Å². The molecule has 8 heteroatoms. The molecular weight excluding hydrogens is 360 g/mol. The van der Waals surface area contributed by atoms with Gasteiger partial charge < -0.3 is 4.90 Å². The molecule has 1 aliphatic carbocycles. The number of nitrogens with one attached hydrogen (secondary N) is 2. The van der Waals surface area contributed by atoms with Crippen LogP contribution in [0.1, 0.15) is 44.1 Å². The summed E-state index contributed by atoms with van der Waals surface area (Å²) in [5.41, 5.74) is 6.03. The monoisotopic (exact) mass is 386 g/mol. The normalized spacial score (nSPS) is 24.5. The number of benzene rings is 1. The molecule has 2 saturated heterocycles. The number of piperidine rings is 1. The first-order chi connectivity index (χ1) is 13.6. The summed E-state index contributed by atoms with van der Waals surface area (Å²) in [5.74, 6) is -0.505. The third-order valence-electron chi connectivity index (χ3n) is 5.87. The number of hydrazine groups is 1. The minimum atomic E-state index is -0.585. The summed E-state index contributed by atoms with van der Waals surface area (Å²) >= 11 is 0. The predicted octanol–water partition coefficient (Wildman–Crippen LogP) is 1.72. The molecule has 0 radical (unpaired) electrons. The summed E-state index contributed by atoms with van der Waals surface area (Å²) < 4.78 is 0. The molecule has 2 atom stereocenters. The van der Waals surface area contributed by atoms with Crippen molar-refractivity contribution in [2.75, 3.05) is 6.54 Å². The maximum Gasteiger partial charge on any atom is 0.345 e. The van der Waals surface area contributed by atoms with Gasteiger partial charge in [-0.25, -0.2) is 4.79 Å². The number of carbonyl (C=O) groups is 3. The second-order valence-electron chi connectivity index (χ2n) is 7.73. The van der Waals surface area contributed by atoms with Gasteiger partial charge in [-0.1, -0.05) is 43.2 Å². The van der Waals surface area contributed by atoms with E-state index in [0.717, 1.165) is 31.2 Å². The van der Waals surface area contributed by atoms with E-state index in [1.807, 2.05) is 30.3 Å². The Kier molecular flexibility index (Phi) is 5.47. The van der Waals surface area contributed by atoms with E-state index in [0.29, 0.717) is 26.0 Å². The van der Waals surface area contributed by atoms with Crippen LogP contribution in [0.5, 0.6) is 0 Å². The van der Waals surface area contributed by atoms with Crippen LogP contribution in [0.4, 0.5) is 4.79 Å². The molecular formula is C20H26N4O4. The lowest BCUT2D eigenvalue weighted by Gasteiger charge is -2.29. The molecule has 2 bridgehead atoms. The summed E-state index contributed by atoms with van der Waals surface area (Å²) in [6.45, 7) is 0.771. The van der Waals surface area contributed by atoms with Crippen molar-refractivity contribution < 1.29 is 19.2 Å². The van der Waals surface area contributed by atoms with E-state index in [4.69, 9.17) is 4.84 Å². The average molecular weight is 386 g/mol. The Morgan fingerprint density at radius 3 is 2.46 bits per heavy atom. The maximum atomic E-state index is 12.7. The van der Waals surface area contributed by atoms with E-state index in [1.54, 1.807) is 0 Å². The number of urea groups is 1. The van der Waals surface area contributed by atoms with Crippen molar-refractivity contribution in [1.29, 1.82) is 0 Å². The molecule has 28 heavy (non-hydrogen) atoms. The number of hydrogen-bond donors (Lipinski definition) is 2. The second-order valence-corrected chi connectivity index (χ2v) is 7.73. The second kappa shape index (κ2) is 8.18. The van der Waals surface area contributed by atoms with Crippen molar-refractivity contribution >= 4 is 17.8 Å². The predicted molar refractivity (Wildman–Crippen MR) is 100 cm³/mol. The average Bonchev–Trinajstić information content (AvgIpc) is 3.34. The number of hydrogen-bond acceptors (Lipinski definition) is 4. The molecule has 0 spiro atoms. The molecule has 2 unspecified atom stereocenters. The summed E-state index contributed by atoms with van der Waals surface area (Å²) in [4.78, 5) is 44.7. The summed E-state index contributed by atoms with van der Waals surface area (Å²) in [6, 6.07) is 8.73. The number of carbonyl (C=O) groups excluding carboxylic acids is 3. The lowest BCUT2D eigenvalue weighted by molar-refractivity contribution is -0.140. The van der Waals surface area contributed by atoms with Crippen molar-refractivity contribution in [3.63, 3.8) is 0 Å². The van der Waals surface area contributed by atoms with E-state index in [1.165, 1.54) is 9.96 Å². The summed E-state index contributed by atoms with van der Waals surface area (Å²) in [5, 5.41) is 1.40. The van der Waals surface area contributed by atoms with Gasteiger partial charge in [-0.05, 0) is 31.2 Å². The first-order valence-electron chi connectivity index (χ1n) is 10.00. The number of hydroxylamine groups is 2. The Morgan fingerprint density at radius 1 is 1.00 bits per heavy atom. The Balaban J connectivity index is 1.31. The van der Waals surface area contributed by atoms with Gasteiger partial charge in [-0.2, -0.15) is 5.06 Å². The molecule has 3 aliphatic rings. The van der Waals surface area contributed by atoms with Gasteiger partial charge in [-0.3, -0.25) is 25.3 Å². The first-order valence-corrected chi connectivity index (χ1v) is 10.00. The van der Waals surface area contributed by atoms with E-state index in [9.17, 15) is 14.4 Å². The molecule has 3 fully saturated rings. The van der Waals surface area contributed by atoms with Crippen molar-refractivity contribution in [1.82, 2.24) is 20.8 Å². The highest BCUT2D eigenvalue weighted by atomic mass is 16.7. The standard InChI is InChI=1S/C20H26N4O4/c25-18(15-8-4-5-9-15)21-22-19(26)17-11-10-16-12-23(17)20(27)24(16)28-13-14-6-2-1-3-7-14/h1-3,6-7,15-17H,4-5,8-13H2,(H,21,25)(H,22,26). The lowest BCUT2D eigenvalue weighted by Crippen LogP contribution is -2.54.